The fraction of sp³-hybridized carbons (Fsp3) is 0. The van der Waals surface area contributed by atoms with E-state index in [-0.39, 0.29) is 0 Å². The second-order valence-corrected chi connectivity index (χ2v) is 36.7. The standard InChI is InChI=1S/3O.4Sn.10H. The molecule has 0 saturated heterocycles. The fourth-order valence-electron chi connectivity index (χ4n) is 0.201. The average molecular weight is 533 g/mol. The van der Waals surface area contributed by atoms with Crippen molar-refractivity contribution in [2.45, 2.75) is 0 Å². The first-order valence-corrected chi connectivity index (χ1v) is 13.2. The molecular weight excluding hydrogens is 523 g/mol. The average Bonchev–Trinajstić information content (AvgIpc) is 1.69. The van der Waals surface area contributed by atoms with Gasteiger partial charge in [-0.15, -0.1) is 0 Å². The van der Waals surface area contributed by atoms with Gasteiger partial charge in [-0.25, -0.2) is 0 Å². The van der Waals surface area contributed by atoms with Gasteiger partial charge in [-0.3, -0.25) is 0 Å². The molecule has 0 bridgehead atoms. The predicted octanol–water partition coefficient (Wildman–Crippen LogP) is -4.41. The topological polar surface area (TPSA) is 27.7 Å². The Morgan fingerprint density at radius 2 is 1.43 bits per heavy atom. The Bertz CT molecular complexity index is 26.1. The Hall–Kier alpha value is 3.07. The third-order valence-electron chi connectivity index (χ3n) is 0.402. The maximum absolute atomic E-state index is 5.21. The second kappa shape index (κ2) is 9.07. The van der Waals surface area contributed by atoms with E-state index in [4.69, 9.17) is 4.23 Å². The van der Waals surface area contributed by atoms with Crippen LogP contribution in [0.4, 0.5) is 0 Å². The molecule has 0 aliphatic rings. The van der Waals surface area contributed by atoms with Crippen molar-refractivity contribution in [2.24, 2.45) is 0 Å². The van der Waals surface area contributed by atoms with Crippen molar-refractivity contribution < 1.29 is 4.23 Å². The summed E-state index contributed by atoms with van der Waals surface area (Å²) in [4.78, 5) is 0. The molecule has 7 heavy (non-hydrogen) atoms. The van der Waals surface area contributed by atoms with Gasteiger partial charge in [-0.2, -0.15) is 0 Å². The molecule has 0 aromatic heterocycles. The van der Waals surface area contributed by atoms with E-state index < -0.39 is 43.9 Å². The number of rotatable bonds is 4. The van der Waals surface area contributed by atoms with Crippen LogP contribution >= 0.6 is 0 Å². The molecule has 0 aliphatic carbocycles. The summed E-state index contributed by atoms with van der Waals surface area (Å²) in [5.41, 5.74) is 0. The predicted molar refractivity (Wildman–Crippen MR) is 40.2 cm³/mol. The van der Waals surface area contributed by atoms with Gasteiger partial charge in [0.1, 0.15) is 0 Å². The summed E-state index contributed by atoms with van der Waals surface area (Å²) in [7, 11) is 0. The fourth-order valence-corrected chi connectivity index (χ4v) is 51.8. The minimum absolute atomic E-state index is 0.439. The molecule has 0 spiro atoms. The minimum atomic E-state index is -1.01. The molecule has 0 saturated carbocycles. The summed E-state index contributed by atoms with van der Waals surface area (Å²) in [6, 6.07) is 0. The van der Waals surface area contributed by atoms with Crippen LogP contribution in [0.3, 0.4) is 0 Å². The molecule has 3 nitrogen and oxygen atoms in total. The summed E-state index contributed by atoms with van der Waals surface area (Å²) in [6.45, 7) is 0. The maximum atomic E-state index is 5.21. The van der Waals surface area contributed by atoms with E-state index in [0.29, 0.717) is 45.9 Å². The van der Waals surface area contributed by atoms with E-state index in [0.717, 1.165) is 0 Å². The van der Waals surface area contributed by atoms with Gasteiger partial charge in [-0.1, -0.05) is 0 Å². The van der Waals surface area contributed by atoms with Crippen molar-refractivity contribution in [3.8, 4) is 0 Å². The molecule has 0 unspecified atom stereocenters. The van der Waals surface area contributed by atoms with Gasteiger partial charge in [0.15, 0.2) is 0 Å². The normalized spacial score (nSPS) is 13.7. The first kappa shape index (κ1) is 10.1. The van der Waals surface area contributed by atoms with Crippen molar-refractivity contribution in [3.05, 3.63) is 0 Å². The van der Waals surface area contributed by atoms with Gasteiger partial charge >= 0.3 is 94.1 Å². The number of hydrogen-bond donors (Lipinski definition) is 0. The molecule has 7 heteroatoms. The zero-order valence-electron chi connectivity index (χ0n) is 4.64. The van der Waals surface area contributed by atoms with Gasteiger partial charge in [-0.05, 0) is 0 Å². The van der Waals surface area contributed by atoms with Gasteiger partial charge in [0.2, 0.25) is 0 Å². The zero-order valence-corrected chi connectivity index (χ0v) is 24.1. The summed E-state index contributed by atoms with van der Waals surface area (Å²) in [5, 5.41) is 0. The van der Waals surface area contributed by atoms with Crippen molar-refractivity contribution in [3.63, 3.8) is 0 Å². The van der Waals surface area contributed by atoms with Crippen molar-refractivity contribution in [1.82, 2.24) is 0 Å². The summed E-state index contributed by atoms with van der Waals surface area (Å²) in [5.74, 6) is 0. The van der Waals surface area contributed by atoms with E-state index in [1.165, 1.54) is 0 Å². The van der Waals surface area contributed by atoms with Crippen LogP contribution in [-0.2, 0) is 4.23 Å². The van der Waals surface area contributed by atoms with Crippen LogP contribution in [0.2, 0.25) is 0 Å². The summed E-state index contributed by atoms with van der Waals surface area (Å²) < 4.78 is 15.3. The number of hydrogen-bond acceptors (Lipinski definition) is 3. The Balaban J connectivity index is 2.45. The Morgan fingerprint density at radius 1 is 1.00 bits per heavy atom. The molecule has 0 aromatic carbocycles. The second-order valence-electron chi connectivity index (χ2n) is 1.02. The van der Waals surface area contributed by atoms with Crippen LogP contribution in [0, 0.1) is 0 Å². The van der Waals surface area contributed by atoms with E-state index >= 15 is 0 Å². The molecular formula is H10O3Sn4. The first-order valence-electron chi connectivity index (χ1n) is 1.97. The summed E-state index contributed by atoms with van der Waals surface area (Å²) >= 11 is -1.15. The van der Waals surface area contributed by atoms with Crippen molar-refractivity contribution in [2.75, 3.05) is 0 Å². The Kier molecular flexibility index (Phi) is 13.1. The van der Waals surface area contributed by atoms with E-state index in [2.05, 4.69) is 0 Å². The van der Waals surface area contributed by atoms with Crippen LogP contribution < -0.4 is 0 Å². The monoisotopic (exact) mass is 538 g/mol. The Labute approximate surface area is 92.1 Å². The molecule has 0 amide bonds. The zero-order chi connectivity index (χ0) is 5.54. The molecule has 0 rings (SSSR count). The van der Waals surface area contributed by atoms with Gasteiger partial charge in [0, 0.05) is 0 Å². The molecule has 0 heterocycles. The van der Waals surface area contributed by atoms with Crippen molar-refractivity contribution in [1.29, 1.82) is 0 Å². The molecule has 0 fully saturated rings. The molecule has 0 aliphatic heterocycles. The van der Waals surface area contributed by atoms with E-state index in [1.54, 1.807) is 0 Å². The summed E-state index contributed by atoms with van der Waals surface area (Å²) in [6.07, 6.45) is 0. The van der Waals surface area contributed by atoms with Crippen molar-refractivity contribution >= 4 is 89.8 Å². The van der Waals surface area contributed by atoms with Crippen LogP contribution in [0.1, 0.15) is 0 Å². The van der Waals surface area contributed by atoms with Crippen LogP contribution in [-0.4, -0.2) is 89.8 Å². The van der Waals surface area contributed by atoms with Crippen LogP contribution in [0.5, 0.6) is 0 Å². The third kappa shape index (κ3) is 9.07. The molecule has 44 valence electrons. The van der Waals surface area contributed by atoms with Gasteiger partial charge in [0.05, 0.1) is 0 Å². The van der Waals surface area contributed by atoms with E-state index in [9.17, 15) is 0 Å². The molecule has 0 N–H and O–H groups in total. The molecule has 0 atom stereocenters. The van der Waals surface area contributed by atoms with E-state index in [1.807, 2.05) is 0 Å². The van der Waals surface area contributed by atoms with Crippen LogP contribution in [0.25, 0.3) is 0 Å². The van der Waals surface area contributed by atoms with Gasteiger partial charge < -0.3 is 0 Å². The first-order chi connectivity index (χ1) is 3.41. The Morgan fingerprint density at radius 3 is 1.71 bits per heavy atom. The van der Waals surface area contributed by atoms with Crippen LogP contribution in [0.15, 0.2) is 0 Å². The van der Waals surface area contributed by atoms with Gasteiger partial charge in [0.25, 0.3) is 0 Å². The quantitative estimate of drug-likeness (QED) is 0.270. The molecule has 0 aromatic rings. The SMILES string of the molecule is [SnH3][O][SnH2][O][SnH2][O][SnH3]. The molecule has 0 radical (unpaired) electrons. The third-order valence-corrected chi connectivity index (χ3v) is 18.1.